The molecule has 1 aliphatic heterocycles. The summed E-state index contributed by atoms with van der Waals surface area (Å²) in [7, 11) is 0. The molecule has 0 saturated carbocycles. The van der Waals surface area contributed by atoms with Gasteiger partial charge in [-0.3, -0.25) is 4.79 Å². The molecule has 1 aliphatic rings. The summed E-state index contributed by atoms with van der Waals surface area (Å²) in [6, 6.07) is 4.95. The van der Waals surface area contributed by atoms with Gasteiger partial charge >= 0.3 is 0 Å². The Balaban J connectivity index is 2.32. The molecule has 0 radical (unpaired) electrons. The van der Waals surface area contributed by atoms with E-state index in [2.05, 4.69) is 0 Å². The number of phenolic OH excluding ortho intramolecular Hbond substituents is 1. The molecule has 1 aromatic carbocycles. The highest BCUT2D eigenvalue weighted by Gasteiger charge is 2.23. The third-order valence-electron chi connectivity index (χ3n) is 2.66. The van der Waals surface area contributed by atoms with Crippen molar-refractivity contribution in [1.82, 2.24) is 4.90 Å². The fourth-order valence-corrected chi connectivity index (χ4v) is 1.88. The molecule has 0 atom stereocenters. The lowest BCUT2D eigenvalue weighted by Crippen LogP contribution is -2.40. The Kier molecular flexibility index (Phi) is 2.60. The maximum absolute atomic E-state index is 11.9. The predicted octanol–water partition coefficient (Wildman–Crippen LogP) is 0.349. The van der Waals surface area contributed by atoms with E-state index in [1.807, 2.05) is 6.07 Å². The third kappa shape index (κ3) is 1.80. The van der Waals surface area contributed by atoms with Crippen LogP contribution in [0.25, 0.3) is 0 Å². The predicted molar refractivity (Wildman–Crippen MR) is 56.8 cm³/mol. The summed E-state index contributed by atoms with van der Waals surface area (Å²) in [5, 5.41) is 9.33. The SMILES string of the molecule is NCCN1CCc2ccc(O)cc2C1=O. The van der Waals surface area contributed by atoms with Gasteiger partial charge in [0.15, 0.2) is 0 Å². The molecule has 0 unspecified atom stereocenters. The summed E-state index contributed by atoms with van der Waals surface area (Å²) in [6.07, 6.45) is 0.835. The van der Waals surface area contributed by atoms with E-state index in [0.29, 0.717) is 25.2 Å². The smallest absolute Gasteiger partial charge is 0.254 e. The first-order chi connectivity index (χ1) is 7.22. The Labute approximate surface area is 88.3 Å². The summed E-state index contributed by atoms with van der Waals surface area (Å²) < 4.78 is 0. The summed E-state index contributed by atoms with van der Waals surface area (Å²) in [4.78, 5) is 13.6. The Bertz CT molecular complexity index is 390. The molecule has 4 nitrogen and oxygen atoms in total. The zero-order valence-corrected chi connectivity index (χ0v) is 8.44. The van der Waals surface area contributed by atoms with E-state index in [0.717, 1.165) is 12.0 Å². The van der Waals surface area contributed by atoms with Crippen molar-refractivity contribution in [1.29, 1.82) is 0 Å². The van der Waals surface area contributed by atoms with E-state index in [4.69, 9.17) is 5.73 Å². The first kappa shape index (κ1) is 9.98. The summed E-state index contributed by atoms with van der Waals surface area (Å²) in [6.45, 7) is 1.77. The highest BCUT2D eigenvalue weighted by Crippen LogP contribution is 2.22. The number of nitrogens with two attached hydrogens (primary N) is 1. The Morgan fingerprint density at radius 1 is 1.47 bits per heavy atom. The molecule has 2 rings (SSSR count). The van der Waals surface area contributed by atoms with Crippen LogP contribution in [0, 0.1) is 0 Å². The van der Waals surface area contributed by atoms with Crippen molar-refractivity contribution in [2.24, 2.45) is 5.73 Å². The number of amides is 1. The summed E-state index contributed by atoms with van der Waals surface area (Å²) in [5.41, 5.74) is 7.04. The van der Waals surface area contributed by atoms with Crippen molar-refractivity contribution >= 4 is 5.91 Å². The van der Waals surface area contributed by atoms with Crippen LogP contribution in [0.3, 0.4) is 0 Å². The summed E-state index contributed by atoms with van der Waals surface area (Å²) >= 11 is 0. The number of fused-ring (bicyclic) bond motifs is 1. The van der Waals surface area contributed by atoms with Crippen LogP contribution in [-0.4, -0.2) is 35.5 Å². The van der Waals surface area contributed by atoms with Gasteiger partial charge < -0.3 is 15.7 Å². The van der Waals surface area contributed by atoms with Crippen molar-refractivity contribution in [2.45, 2.75) is 6.42 Å². The molecule has 3 N–H and O–H groups in total. The monoisotopic (exact) mass is 206 g/mol. The van der Waals surface area contributed by atoms with Gasteiger partial charge in [0.25, 0.3) is 5.91 Å². The van der Waals surface area contributed by atoms with E-state index in [-0.39, 0.29) is 11.7 Å². The van der Waals surface area contributed by atoms with Crippen molar-refractivity contribution in [3.05, 3.63) is 29.3 Å². The summed E-state index contributed by atoms with van der Waals surface area (Å²) in [5.74, 6) is 0.106. The Morgan fingerprint density at radius 3 is 3.00 bits per heavy atom. The molecule has 0 aromatic heterocycles. The van der Waals surface area contributed by atoms with Gasteiger partial charge in [0.2, 0.25) is 0 Å². The lowest BCUT2D eigenvalue weighted by atomic mass is 9.99. The maximum atomic E-state index is 11.9. The van der Waals surface area contributed by atoms with Gasteiger partial charge in [-0.2, -0.15) is 0 Å². The van der Waals surface area contributed by atoms with Crippen LogP contribution < -0.4 is 5.73 Å². The van der Waals surface area contributed by atoms with Crippen LogP contribution >= 0.6 is 0 Å². The fraction of sp³-hybridized carbons (Fsp3) is 0.364. The Hall–Kier alpha value is -1.55. The minimum Gasteiger partial charge on any atom is -0.508 e. The number of benzene rings is 1. The molecule has 0 spiro atoms. The number of phenols is 1. The van der Waals surface area contributed by atoms with Gasteiger partial charge in [-0.05, 0) is 24.1 Å². The topological polar surface area (TPSA) is 66.6 Å². The maximum Gasteiger partial charge on any atom is 0.254 e. The Morgan fingerprint density at radius 2 is 2.27 bits per heavy atom. The zero-order valence-electron chi connectivity index (χ0n) is 8.44. The molecule has 15 heavy (non-hydrogen) atoms. The van der Waals surface area contributed by atoms with Crippen LogP contribution in [-0.2, 0) is 6.42 Å². The highest BCUT2D eigenvalue weighted by molar-refractivity contribution is 5.97. The average Bonchev–Trinajstić information content (AvgIpc) is 2.23. The molecule has 1 heterocycles. The number of aromatic hydroxyl groups is 1. The van der Waals surface area contributed by atoms with E-state index in [1.165, 1.54) is 6.07 Å². The molecule has 0 saturated heterocycles. The van der Waals surface area contributed by atoms with Crippen LogP contribution in [0.4, 0.5) is 0 Å². The number of carbonyl (C=O) groups excluding carboxylic acids is 1. The van der Waals surface area contributed by atoms with Gasteiger partial charge in [0.05, 0.1) is 0 Å². The van der Waals surface area contributed by atoms with Crippen molar-refractivity contribution in [3.63, 3.8) is 0 Å². The number of carbonyl (C=O) groups is 1. The first-order valence-electron chi connectivity index (χ1n) is 5.03. The van der Waals surface area contributed by atoms with Crippen molar-refractivity contribution in [2.75, 3.05) is 19.6 Å². The van der Waals surface area contributed by atoms with E-state index in [9.17, 15) is 9.90 Å². The second-order valence-corrected chi connectivity index (χ2v) is 3.67. The van der Waals surface area contributed by atoms with Gasteiger partial charge in [0, 0.05) is 25.2 Å². The molecular formula is C11H14N2O2. The standard InChI is InChI=1S/C11H14N2O2/c12-4-6-13-5-3-8-1-2-9(14)7-10(8)11(13)15/h1-2,7,14H,3-6,12H2. The van der Waals surface area contributed by atoms with Crippen LogP contribution in [0.15, 0.2) is 18.2 Å². The number of hydrogen-bond acceptors (Lipinski definition) is 3. The van der Waals surface area contributed by atoms with Gasteiger partial charge in [0.1, 0.15) is 5.75 Å². The molecule has 1 amide bonds. The normalized spacial score (nSPS) is 15.3. The van der Waals surface area contributed by atoms with Gasteiger partial charge in [-0.1, -0.05) is 6.07 Å². The van der Waals surface area contributed by atoms with E-state index in [1.54, 1.807) is 11.0 Å². The quantitative estimate of drug-likeness (QED) is 0.733. The van der Waals surface area contributed by atoms with Crippen LogP contribution in [0.5, 0.6) is 5.75 Å². The van der Waals surface area contributed by atoms with E-state index < -0.39 is 0 Å². The minimum atomic E-state index is -0.0300. The van der Waals surface area contributed by atoms with Crippen LogP contribution in [0.2, 0.25) is 0 Å². The molecule has 1 aromatic rings. The van der Waals surface area contributed by atoms with Crippen molar-refractivity contribution in [3.8, 4) is 5.75 Å². The van der Waals surface area contributed by atoms with Crippen LogP contribution in [0.1, 0.15) is 15.9 Å². The molecule has 80 valence electrons. The minimum absolute atomic E-state index is 0.0300. The third-order valence-corrected chi connectivity index (χ3v) is 2.66. The highest BCUT2D eigenvalue weighted by atomic mass is 16.3. The van der Waals surface area contributed by atoms with Crippen molar-refractivity contribution < 1.29 is 9.90 Å². The molecule has 0 bridgehead atoms. The zero-order chi connectivity index (χ0) is 10.8. The number of hydrogen-bond donors (Lipinski definition) is 2. The van der Waals surface area contributed by atoms with Gasteiger partial charge in [-0.25, -0.2) is 0 Å². The lowest BCUT2D eigenvalue weighted by molar-refractivity contribution is 0.0744. The number of nitrogens with zero attached hydrogens (tertiary/aromatic N) is 1. The molecule has 0 aliphatic carbocycles. The largest absolute Gasteiger partial charge is 0.508 e. The molecule has 4 heteroatoms. The first-order valence-corrected chi connectivity index (χ1v) is 5.03. The van der Waals surface area contributed by atoms with E-state index >= 15 is 0 Å². The lowest BCUT2D eigenvalue weighted by Gasteiger charge is -2.28. The number of rotatable bonds is 2. The average molecular weight is 206 g/mol. The molecule has 0 fully saturated rings. The fourth-order valence-electron chi connectivity index (χ4n) is 1.88. The second kappa shape index (κ2) is 3.90. The second-order valence-electron chi connectivity index (χ2n) is 3.67. The van der Waals surface area contributed by atoms with Gasteiger partial charge in [-0.15, -0.1) is 0 Å². The molecular weight excluding hydrogens is 192 g/mol.